The summed E-state index contributed by atoms with van der Waals surface area (Å²) in [5, 5.41) is 8.39. The second kappa shape index (κ2) is 9.95. The fourth-order valence-electron chi connectivity index (χ4n) is 3.52. The van der Waals surface area contributed by atoms with Crippen LogP contribution in [0.15, 0.2) is 59.9 Å². The SMILES string of the molecule is COc1cccc(CNC(=O)CSc2nccn3nc(-c4ccc(C)c(C)c4)cc23)c1OC. The van der Waals surface area contributed by atoms with Crippen LogP contribution < -0.4 is 14.8 Å². The molecule has 0 unspecified atom stereocenters. The number of carbonyl (C=O) groups is 1. The minimum Gasteiger partial charge on any atom is -0.493 e. The monoisotopic (exact) mass is 462 g/mol. The Kier molecular flexibility index (Phi) is 6.84. The van der Waals surface area contributed by atoms with Gasteiger partial charge in [-0.2, -0.15) is 5.10 Å². The number of hydrogen-bond acceptors (Lipinski definition) is 6. The second-order valence-corrected chi connectivity index (χ2v) is 8.57. The third-order valence-corrected chi connectivity index (χ3v) is 6.45. The average Bonchev–Trinajstić information content (AvgIpc) is 3.27. The second-order valence-electron chi connectivity index (χ2n) is 7.61. The summed E-state index contributed by atoms with van der Waals surface area (Å²) in [6, 6.07) is 13.9. The molecule has 33 heavy (non-hydrogen) atoms. The number of ether oxygens (including phenoxy) is 2. The van der Waals surface area contributed by atoms with E-state index in [1.807, 2.05) is 30.5 Å². The van der Waals surface area contributed by atoms with Crippen molar-refractivity contribution in [2.45, 2.75) is 25.4 Å². The van der Waals surface area contributed by atoms with Crippen LogP contribution >= 0.6 is 11.8 Å². The molecule has 170 valence electrons. The van der Waals surface area contributed by atoms with Gasteiger partial charge in [-0.3, -0.25) is 4.79 Å². The number of hydrogen-bond donors (Lipinski definition) is 1. The van der Waals surface area contributed by atoms with Crippen molar-refractivity contribution in [2.24, 2.45) is 0 Å². The van der Waals surface area contributed by atoms with Crippen molar-refractivity contribution < 1.29 is 14.3 Å². The van der Waals surface area contributed by atoms with Gasteiger partial charge >= 0.3 is 0 Å². The summed E-state index contributed by atoms with van der Waals surface area (Å²) in [7, 11) is 3.18. The number of methoxy groups -OCH3 is 2. The molecule has 0 atom stereocenters. The number of rotatable bonds is 8. The standard InChI is InChI=1S/C25H26N4O3S/c1-16-8-9-18(12-17(16)2)20-13-21-25(26-10-11-29(21)28-20)33-15-23(30)27-14-19-6-5-7-22(31-3)24(19)32-4/h5-13H,14-15H2,1-4H3,(H,27,30). The van der Waals surface area contributed by atoms with Crippen molar-refractivity contribution in [3.8, 4) is 22.8 Å². The molecule has 8 heteroatoms. The van der Waals surface area contributed by atoms with Crippen molar-refractivity contribution in [3.05, 3.63) is 71.5 Å². The first-order valence-electron chi connectivity index (χ1n) is 10.5. The van der Waals surface area contributed by atoms with Crippen molar-refractivity contribution in [1.29, 1.82) is 0 Å². The van der Waals surface area contributed by atoms with Crippen LogP contribution in [-0.2, 0) is 11.3 Å². The Morgan fingerprint density at radius 2 is 1.94 bits per heavy atom. The lowest BCUT2D eigenvalue weighted by atomic mass is 10.0. The molecule has 0 bridgehead atoms. The quantitative estimate of drug-likeness (QED) is 0.390. The predicted molar refractivity (Wildman–Crippen MR) is 130 cm³/mol. The largest absolute Gasteiger partial charge is 0.493 e. The molecule has 0 saturated carbocycles. The minimum absolute atomic E-state index is 0.0948. The Morgan fingerprint density at radius 3 is 2.70 bits per heavy atom. The predicted octanol–water partition coefficient (Wildman–Crippen LogP) is 4.44. The summed E-state index contributed by atoms with van der Waals surface area (Å²) in [6.07, 6.45) is 3.52. The zero-order chi connectivity index (χ0) is 23.4. The van der Waals surface area contributed by atoms with E-state index in [4.69, 9.17) is 9.47 Å². The van der Waals surface area contributed by atoms with E-state index in [-0.39, 0.29) is 11.7 Å². The highest BCUT2D eigenvalue weighted by Gasteiger charge is 2.13. The van der Waals surface area contributed by atoms with Gasteiger partial charge in [0.2, 0.25) is 5.91 Å². The van der Waals surface area contributed by atoms with Gasteiger partial charge < -0.3 is 14.8 Å². The van der Waals surface area contributed by atoms with E-state index in [1.165, 1.54) is 22.9 Å². The number of nitrogens with zero attached hydrogens (tertiary/aromatic N) is 3. The van der Waals surface area contributed by atoms with Gasteiger partial charge in [-0.25, -0.2) is 9.50 Å². The fraction of sp³-hybridized carbons (Fsp3) is 0.240. The number of carbonyl (C=O) groups excluding carboxylic acids is 1. The van der Waals surface area contributed by atoms with Crippen LogP contribution in [-0.4, -0.2) is 40.5 Å². The van der Waals surface area contributed by atoms with Gasteiger partial charge in [0.15, 0.2) is 11.5 Å². The topological polar surface area (TPSA) is 77.8 Å². The van der Waals surface area contributed by atoms with E-state index in [2.05, 4.69) is 47.4 Å². The van der Waals surface area contributed by atoms with Crippen LogP contribution in [0.4, 0.5) is 0 Å². The maximum Gasteiger partial charge on any atom is 0.230 e. The first kappa shape index (κ1) is 22.7. The molecule has 0 saturated heterocycles. The fourth-order valence-corrected chi connectivity index (χ4v) is 4.33. The number of amides is 1. The Hall–Kier alpha value is -3.52. The number of benzene rings is 2. The lowest BCUT2D eigenvalue weighted by Gasteiger charge is -2.13. The molecule has 1 N–H and O–H groups in total. The van der Waals surface area contributed by atoms with Crippen LogP contribution in [0, 0.1) is 13.8 Å². The summed E-state index contributed by atoms with van der Waals surface area (Å²) in [6.45, 7) is 4.54. The van der Waals surface area contributed by atoms with Gasteiger partial charge in [0.05, 0.1) is 31.2 Å². The smallest absolute Gasteiger partial charge is 0.230 e. The first-order valence-corrected chi connectivity index (χ1v) is 11.5. The van der Waals surface area contributed by atoms with Crippen LogP contribution in [0.1, 0.15) is 16.7 Å². The van der Waals surface area contributed by atoms with E-state index < -0.39 is 0 Å². The highest BCUT2D eigenvalue weighted by molar-refractivity contribution is 8.00. The highest BCUT2D eigenvalue weighted by atomic mass is 32.2. The van der Waals surface area contributed by atoms with Crippen molar-refractivity contribution >= 4 is 23.2 Å². The molecule has 0 radical (unpaired) electrons. The maximum atomic E-state index is 12.5. The van der Waals surface area contributed by atoms with Gasteiger partial charge in [0.1, 0.15) is 5.03 Å². The Morgan fingerprint density at radius 1 is 1.09 bits per heavy atom. The molecule has 2 aromatic carbocycles. The van der Waals surface area contributed by atoms with Gasteiger partial charge in [-0.05, 0) is 43.2 Å². The van der Waals surface area contributed by atoms with Crippen LogP contribution in [0.5, 0.6) is 11.5 Å². The molecule has 0 spiro atoms. The third-order valence-electron chi connectivity index (χ3n) is 5.46. The van der Waals surface area contributed by atoms with Crippen LogP contribution in [0.3, 0.4) is 0 Å². The lowest BCUT2D eigenvalue weighted by Crippen LogP contribution is -2.24. The molecular formula is C25H26N4O3S. The van der Waals surface area contributed by atoms with Crippen molar-refractivity contribution in [3.63, 3.8) is 0 Å². The molecule has 0 fully saturated rings. The molecule has 0 aliphatic rings. The number of aryl methyl sites for hydroxylation is 2. The summed E-state index contributed by atoms with van der Waals surface area (Å²) in [5.74, 6) is 1.40. The average molecular weight is 463 g/mol. The summed E-state index contributed by atoms with van der Waals surface area (Å²) >= 11 is 1.38. The molecular weight excluding hydrogens is 436 g/mol. The Balaban J connectivity index is 1.45. The van der Waals surface area contributed by atoms with Crippen molar-refractivity contribution in [1.82, 2.24) is 19.9 Å². The zero-order valence-electron chi connectivity index (χ0n) is 19.1. The van der Waals surface area contributed by atoms with E-state index in [0.717, 1.165) is 27.4 Å². The summed E-state index contributed by atoms with van der Waals surface area (Å²) in [5.41, 5.74) is 6.13. The molecule has 0 aliphatic heterocycles. The van der Waals surface area contributed by atoms with Gasteiger partial charge in [-0.15, -0.1) is 0 Å². The highest BCUT2D eigenvalue weighted by Crippen LogP contribution is 2.31. The van der Waals surface area contributed by atoms with E-state index in [0.29, 0.717) is 18.0 Å². The van der Waals surface area contributed by atoms with Gasteiger partial charge in [0.25, 0.3) is 0 Å². The van der Waals surface area contributed by atoms with E-state index in [1.54, 1.807) is 24.9 Å². The van der Waals surface area contributed by atoms with Gasteiger partial charge in [-0.1, -0.05) is 36.0 Å². The third kappa shape index (κ3) is 4.96. The number of fused-ring (bicyclic) bond motifs is 1. The van der Waals surface area contributed by atoms with Crippen LogP contribution in [0.25, 0.3) is 16.8 Å². The summed E-state index contributed by atoms with van der Waals surface area (Å²) in [4.78, 5) is 17.0. The molecule has 1 amide bonds. The van der Waals surface area contributed by atoms with Gasteiger partial charge in [0, 0.05) is 30.1 Å². The Labute approximate surface area is 197 Å². The zero-order valence-corrected chi connectivity index (χ0v) is 19.9. The first-order chi connectivity index (χ1) is 16.0. The van der Waals surface area contributed by atoms with E-state index >= 15 is 0 Å². The normalized spacial score (nSPS) is 10.9. The number of thioether (sulfide) groups is 1. The molecule has 2 heterocycles. The molecule has 4 aromatic rings. The lowest BCUT2D eigenvalue weighted by molar-refractivity contribution is -0.118. The maximum absolute atomic E-state index is 12.5. The number of aromatic nitrogens is 3. The minimum atomic E-state index is -0.0948. The molecule has 2 aromatic heterocycles. The van der Waals surface area contributed by atoms with Crippen LogP contribution in [0.2, 0.25) is 0 Å². The summed E-state index contributed by atoms with van der Waals surface area (Å²) < 4.78 is 12.6. The van der Waals surface area contributed by atoms with Crippen molar-refractivity contribution in [2.75, 3.05) is 20.0 Å². The molecule has 4 rings (SSSR count). The molecule has 0 aliphatic carbocycles. The molecule has 7 nitrogen and oxygen atoms in total. The number of nitrogens with one attached hydrogen (secondary N) is 1. The number of para-hydroxylation sites is 1. The van der Waals surface area contributed by atoms with E-state index in [9.17, 15) is 4.79 Å². The Bertz CT molecular complexity index is 1300.